The van der Waals surface area contributed by atoms with E-state index < -0.39 is 5.41 Å². The minimum atomic E-state index is -0.652. The average Bonchev–Trinajstić information content (AvgIpc) is 3.01. The van der Waals surface area contributed by atoms with Gasteiger partial charge in [-0.25, -0.2) is 0 Å². The molecule has 0 aromatic heterocycles. The van der Waals surface area contributed by atoms with Crippen molar-refractivity contribution in [2.45, 2.75) is 27.7 Å². The largest absolute Gasteiger partial charge is 0.493 e. The minimum Gasteiger partial charge on any atom is -0.493 e. The summed E-state index contributed by atoms with van der Waals surface area (Å²) in [6.07, 6.45) is 1.60. The van der Waals surface area contributed by atoms with Crippen LogP contribution in [0.5, 0.6) is 28.7 Å². The molecule has 3 rings (SSSR count). The number of allylic oxidation sites excluding steroid dienone is 1. The van der Waals surface area contributed by atoms with E-state index >= 15 is 0 Å². The second-order valence-electron chi connectivity index (χ2n) is 8.15. The Labute approximate surface area is 181 Å². The molecule has 7 heteroatoms. The van der Waals surface area contributed by atoms with Gasteiger partial charge < -0.3 is 23.7 Å². The number of hydrogen-bond acceptors (Lipinski definition) is 7. The third-order valence-corrected chi connectivity index (χ3v) is 4.75. The van der Waals surface area contributed by atoms with Gasteiger partial charge in [0, 0.05) is 6.07 Å². The molecule has 31 heavy (non-hydrogen) atoms. The summed E-state index contributed by atoms with van der Waals surface area (Å²) < 4.78 is 27.3. The van der Waals surface area contributed by atoms with Gasteiger partial charge in [-0.05, 0) is 63.1 Å². The predicted octanol–water partition coefficient (Wildman–Crippen LogP) is 4.59. The Kier molecular flexibility index (Phi) is 5.97. The Morgan fingerprint density at radius 3 is 2.10 bits per heavy atom. The van der Waals surface area contributed by atoms with Crippen LogP contribution in [0.4, 0.5) is 0 Å². The first kappa shape index (κ1) is 22.2. The lowest BCUT2D eigenvalue weighted by molar-refractivity contribution is -0.143. The molecule has 2 aromatic rings. The fraction of sp³-hybridized carbons (Fsp3) is 0.333. The van der Waals surface area contributed by atoms with E-state index in [9.17, 15) is 9.59 Å². The first-order valence-electron chi connectivity index (χ1n) is 9.70. The first-order valence-corrected chi connectivity index (χ1v) is 9.70. The van der Waals surface area contributed by atoms with E-state index in [1.807, 2.05) is 0 Å². The number of rotatable bonds is 5. The lowest BCUT2D eigenvalue weighted by Crippen LogP contribution is -2.25. The molecule has 7 nitrogen and oxygen atoms in total. The molecule has 1 aliphatic heterocycles. The summed E-state index contributed by atoms with van der Waals surface area (Å²) >= 11 is 0. The van der Waals surface area contributed by atoms with Crippen molar-refractivity contribution >= 4 is 17.8 Å². The summed E-state index contributed by atoms with van der Waals surface area (Å²) in [4.78, 5) is 25.2. The van der Waals surface area contributed by atoms with Crippen LogP contribution in [0.25, 0.3) is 6.08 Å². The van der Waals surface area contributed by atoms with Gasteiger partial charge in [-0.15, -0.1) is 0 Å². The molecule has 0 unspecified atom stereocenters. The molecule has 1 heterocycles. The topological polar surface area (TPSA) is 80.3 Å². The van der Waals surface area contributed by atoms with Crippen LogP contribution in [-0.2, 0) is 4.79 Å². The second kappa shape index (κ2) is 8.34. The van der Waals surface area contributed by atoms with Gasteiger partial charge in [-0.1, -0.05) is 0 Å². The van der Waals surface area contributed by atoms with Gasteiger partial charge in [0.2, 0.25) is 11.5 Å². The standard InChI is InChI=1S/C24H26O7/c1-13-8-15(30-23(26)24(2,3)4)12-16-20(13)21(25)17(31-16)9-14-10-18(27-5)22(29-7)19(11-14)28-6/h8-12H,1-7H3/b17-9-. The number of carbonyl (C=O) groups excluding carboxylic acids is 2. The summed E-state index contributed by atoms with van der Waals surface area (Å²) in [5, 5.41) is 0. The van der Waals surface area contributed by atoms with Crippen molar-refractivity contribution in [1.82, 2.24) is 0 Å². The van der Waals surface area contributed by atoms with Crippen LogP contribution in [0, 0.1) is 12.3 Å². The van der Waals surface area contributed by atoms with Crippen molar-refractivity contribution in [2.24, 2.45) is 5.41 Å². The lowest BCUT2D eigenvalue weighted by atomic mass is 9.97. The van der Waals surface area contributed by atoms with Gasteiger partial charge in [-0.2, -0.15) is 0 Å². The zero-order chi connectivity index (χ0) is 22.9. The van der Waals surface area contributed by atoms with Crippen LogP contribution >= 0.6 is 0 Å². The van der Waals surface area contributed by atoms with Gasteiger partial charge in [0.15, 0.2) is 17.3 Å². The van der Waals surface area contributed by atoms with Crippen LogP contribution in [0.1, 0.15) is 42.3 Å². The van der Waals surface area contributed by atoms with Crippen LogP contribution < -0.4 is 23.7 Å². The van der Waals surface area contributed by atoms with E-state index in [0.717, 1.165) is 0 Å². The Bertz CT molecular complexity index is 1050. The van der Waals surface area contributed by atoms with Crippen LogP contribution in [0.3, 0.4) is 0 Å². The molecule has 0 saturated carbocycles. The quantitative estimate of drug-likeness (QED) is 0.393. The van der Waals surface area contributed by atoms with E-state index in [-0.39, 0.29) is 17.5 Å². The third-order valence-electron chi connectivity index (χ3n) is 4.75. The molecule has 164 valence electrons. The van der Waals surface area contributed by atoms with Crippen LogP contribution in [0.2, 0.25) is 0 Å². The minimum absolute atomic E-state index is 0.145. The summed E-state index contributed by atoms with van der Waals surface area (Å²) in [7, 11) is 4.56. The van der Waals surface area contributed by atoms with Gasteiger partial charge in [0.1, 0.15) is 11.5 Å². The molecule has 0 saturated heterocycles. The second-order valence-corrected chi connectivity index (χ2v) is 8.15. The molecule has 0 spiro atoms. The Morgan fingerprint density at radius 2 is 1.58 bits per heavy atom. The fourth-order valence-corrected chi connectivity index (χ4v) is 3.13. The van der Waals surface area contributed by atoms with Gasteiger partial charge in [0.05, 0.1) is 32.3 Å². The Morgan fingerprint density at radius 1 is 0.968 bits per heavy atom. The van der Waals surface area contributed by atoms with E-state index in [2.05, 4.69) is 0 Å². The first-order chi connectivity index (χ1) is 14.6. The molecular weight excluding hydrogens is 400 g/mol. The number of fused-ring (bicyclic) bond motifs is 1. The predicted molar refractivity (Wildman–Crippen MR) is 115 cm³/mol. The number of carbonyl (C=O) groups is 2. The molecule has 0 N–H and O–H groups in total. The third kappa shape index (κ3) is 4.35. The maximum absolute atomic E-state index is 13.0. The van der Waals surface area contributed by atoms with Gasteiger partial charge >= 0.3 is 5.97 Å². The van der Waals surface area contributed by atoms with Crippen molar-refractivity contribution in [3.8, 4) is 28.7 Å². The molecule has 0 fully saturated rings. The molecule has 0 radical (unpaired) electrons. The lowest BCUT2D eigenvalue weighted by Gasteiger charge is -2.16. The molecule has 0 amide bonds. The highest BCUT2D eigenvalue weighted by Crippen LogP contribution is 2.41. The monoisotopic (exact) mass is 426 g/mol. The van der Waals surface area contributed by atoms with Gasteiger partial charge in [0.25, 0.3) is 0 Å². The molecule has 1 aliphatic rings. The maximum atomic E-state index is 13.0. The maximum Gasteiger partial charge on any atom is 0.316 e. The highest BCUT2D eigenvalue weighted by molar-refractivity contribution is 6.15. The SMILES string of the molecule is COc1cc(/C=C2\Oc3cc(OC(=O)C(C)(C)C)cc(C)c3C2=O)cc(OC)c1OC. The summed E-state index contributed by atoms with van der Waals surface area (Å²) in [6, 6.07) is 6.65. The normalized spacial score (nSPS) is 14.2. The fourth-order valence-electron chi connectivity index (χ4n) is 3.13. The van der Waals surface area contributed by atoms with Crippen LogP contribution in [-0.4, -0.2) is 33.1 Å². The zero-order valence-corrected chi connectivity index (χ0v) is 18.7. The van der Waals surface area contributed by atoms with E-state index in [1.165, 1.54) is 21.3 Å². The molecule has 2 aromatic carbocycles. The van der Waals surface area contributed by atoms with E-state index in [1.54, 1.807) is 58.0 Å². The van der Waals surface area contributed by atoms with E-state index in [0.29, 0.717) is 45.4 Å². The molecule has 0 aliphatic carbocycles. The van der Waals surface area contributed by atoms with E-state index in [4.69, 9.17) is 23.7 Å². The number of ketones is 1. The molecule has 0 bridgehead atoms. The number of Topliss-reactive ketones (excluding diaryl/α,β-unsaturated/α-hetero) is 1. The van der Waals surface area contributed by atoms with Crippen molar-refractivity contribution in [3.05, 3.63) is 46.7 Å². The van der Waals surface area contributed by atoms with Crippen molar-refractivity contribution in [3.63, 3.8) is 0 Å². The average molecular weight is 426 g/mol. The molecule has 0 atom stereocenters. The smallest absolute Gasteiger partial charge is 0.316 e. The Hall–Kier alpha value is -3.48. The number of methoxy groups -OCH3 is 3. The molecular formula is C24H26O7. The number of hydrogen-bond donors (Lipinski definition) is 0. The number of esters is 1. The summed E-state index contributed by atoms with van der Waals surface area (Å²) in [5.41, 5.74) is 1.09. The van der Waals surface area contributed by atoms with Gasteiger partial charge in [-0.3, -0.25) is 9.59 Å². The number of ether oxygens (including phenoxy) is 5. The highest BCUT2D eigenvalue weighted by Gasteiger charge is 2.31. The highest BCUT2D eigenvalue weighted by atomic mass is 16.5. The van der Waals surface area contributed by atoms with Crippen molar-refractivity contribution in [1.29, 1.82) is 0 Å². The van der Waals surface area contributed by atoms with Crippen molar-refractivity contribution in [2.75, 3.05) is 21.3 Å². The number of aryl methyl sites for hydroxylation is 1. The van der Waals surface area contributed by atoms with Crippen LogP contribution in [0.15, 0.2) is 30.0 Å². The number of benzene rings is 2. The van der Waals surface area contributed by atoms with Crippen molar-refractivity contribution < 1.29 is 33.3 Å². The summed E-state index contributed by atoms with van der Waals surface area (Å²) in [5.74, 6) is 1.58. The summed E-state index contributed by atoms with van der Waals surface area (Å²) in [6.45, 7) is 7.09. The Balaban J connectivity index is 1.97. The zero-order valence-electron chi connectivity index (χ0n) is 18.7.